The van der Waals surface area contributed by atoms with E-state index < -0.39 is 0 Å². The van der Waals surface area contributed by atoms with E-state index in [2.05, 4.69) is 21.6 Å². The Morgan fingerprint density at radius 2 is 1.77 bits per heavy atom. The molecule has 0 heterocycles. The SMILES string of the molecule is CN(C)C(OCCC=C[SiH3])N(C)C. The minimum absolute atomic E-state index is 0.0856. The number of hydrogen-bond donors (Lipinski definition) is 0. The molecule has 0 radical (unpaired) electrons. The topological polar surface area (TPSA) is 15.7 Å². The molecule has 3 nitrogen and oxygen atoms in total. The van der Waals surface area contributed by atoms with Crippen LogP contribution in [0.15, 0.2) is 11.8 Å². The molecule has 0 rings (SSSR count). The maximum atomic E-state index is 5.68. The van der Waals surface area contributed by atoms with Crippen molar-refractivity contribution in [3.05, 3.63) is 11.8 Å². The van der Waals surface area contributed by atoms with Gasteiger partial charge in [0.1, 0.15) is 0 Å². The van der Waals surface area contributed by atoms with E-state index in [1.807, 2.05) is 28.2 Å². The van der Waals surface area contributed by atoms with Gasteiger partial charge in [0.25, 0.3) is 0 Å². The van der Waals surface area contributed by atoms with Gasteiger partial charge in [0.15, 0.2) is 6.35 Å². The van der Waals surface area contributed by atoms with Crippen molar-refractivity contribution in [1.82, 2.24) is 9.80 Å². The standard InChI is InChI=1S/C9H22N2OSi/c1-10(2)9(11(3)4)12-7-5-6-8-13/h6,8-9H,5,7H2,1-4,13H3. The highest BCUT2D eigenvalue weighted by molar-refractivity contribution is 6.16. The molecule has 78 valence electrons. The molecular formula is C9H22N2OSi. The molecule has 0 aromatic carbocycles. The minimum Gasteiger partial charge on any atom is -0.349 e. The molecule has 0 spiro atoms. The molecule has 0 saturated carbocycles. The Balaban J connectivity index is 3.70. The third-order valence-corrected chi connectivity index (χ3v) is 2.14. The fourth-order valence-electron chi connectivity index (χ4n) is 1.17. The van der Waals surface area contributed by atoms with Crippen molar-refractivity contribution >= 4 is 10.2 Å². The summed E-state index contributed by atoms with van der Waals surface area (Å²) in [5.41, 5.74) is 2.18. The summed E-state index contributed by atoms with van der Waals surface area (Å²) in [6, 6.07) is 0. The maximum Gasteiger partial charge on any atom is 0.167 e. The summed E-state index contributed by atoms with van der Waals surface area (Å²) in [6.07, 6.45) is 3.28. The Morgan fingerprint density at radius 1 is 1.23 bits per heavy atom. The monoisotopic (exact) mass is 202 g/mol. The average Bonchev–Trinajstić information content (AvgIpc) is 2.02. The molecule has 0 aromatic heterocycles. The molecular weight excluding hydrogens is 180 g/mol. The highest BCUT2D eigenvalue weighted by Gasteiger charge is 2.12. The van der Waals surface area contributed by atoms with Crippen molar-refractivity contribution in [2.75, 3.05) is 34.8 Å². The molecule has 0 saturated heterocycles. The van der Waals surface area contributed by atoms with Gasteiger partial charge in [-0.2, -0.15) is 0 Å². The highest BCUT2D eigenvalue weighted by atomic mass is 28.1. The zero-order valence-corrected chi connectivity index (χ0v) is 11.4. The molecule has 0 unspecified atom stereocenters. The van der Waals surface area contributed by atoms with E-state index in [1.54, 1.807) is 0 Å². The predicted octanol–water partition coefficient (Wildman–Crippen LogP) is -0.321. The lowest BCUT2D eigenvalue weighted by atomic mass is 10.4. The van der Waals surface area contributed by atoms with Gasteiger partial charge in [0.2, 0.25) is 0 Å². The molecule has 13 heavy (non-hydrogen) atoms. The fraction of sp³-hybridized carbons (Fsp3) is 0.778. The highest BCUT2D eigenvalue weighted by Crippen LogP contribution is 2.00. The molecule has 0 atom stereocenters. The molecule has 0 aliphatic heterocycles. The van der Waals surface area contributed by atoms with E-state index in [0.29, 0.717) is 0 Å². The number of nitrogens with zero attached hydrogens (tertiary/aromatic N) is 2. The van der Waals surface area contributed by atoms with Crippen molar-refractivity contribution < 1.29 is 4.74 Å². The second-order valence-corrected chi connectivity index (χ2v) is 4.15. The van der Waals surface area contributed by atoms with E-state index >= 15 is 0 Å². The Bertz CT molecular complexity index is 141. The Hall–Kier alpha value is -0.163. The Morgan fingerprint density at radius 3 is 2.15 bits per heavy atom. The second-order valence-electron chi connectivity index (χ2n) is 3.48. The molecule has 0 N–H and O–H groups in total. The summed E-state index contributed by atoms with van der Waals surface area (Å²) in [5, 5.41) is 0. The van der Waals surface area contributed by atoms with Crippen LogP contribution in [0.25, 0.3) is 0 Å². The predicted molar refractivity (Wildman–Crippen MR) is 60.8 cm³/mol. The summed E-state index contributed by atoms with van der Waals surface area (Å²) >= 11 is 0. The van der Waals surface area contributed by atoms with Gasteiger partial charge in [-0.1, -0.05) is 6.08 Å². The van der Waals surface area contributed by atoms with Crippen LogP contribution in [0.5, 0.6) is 0 Å². The normalized spacial score (nSPS) is 12.8. The van der Waals surface area contributed by atoms with E-state index in [4.69, 9.17) is 4.74 Å². The van der Waals surface area contributed by atoms with Gasteiger partial charge in [0.05, 0.1) is 6.61 Å². The molecule has 0 aliphatic rings. The van der Waals surface area contributed by atoms with E-state index in [1.165, 1.54) is 0 Å². The molecule has 4 heteroatoms. The zero-order chi connectivity index (χ0) is 10.3. The Kier molecular flexibility index (Phi) is 7.17. The lowest BCUT2D eigenvalue weighted by Gasteiger charge is -2.29. The average molecular weight is 202 g/mol. The van der Waals surface area contributed by atoms with Crippen molar-refractivity contribution in [2.24, 2.45) is 0 Å². The Labute approximate surface area is 84.8 Å². The van der Waals surface area contributed by atoms with Gasteiger partial charge in [-0.25, -0.2) is 0 Å². The van der Waals surface area contributed by atoms with Crippen LogP contribution < -0.4 is 0 Å². The summed E-state index contributed by atoms with van der Waals surface area (Å²) in [4.78, 5) is 4.12. The molecule has 0 aliphatic carbocycles. The number of ether oxygens (including phenoxy) is 1. The fourth-order valence-corrected chi connectivity index (χ4v) is 1.50. The third-order valence-electron chi connectivity index (χ3n) is 1.67. The van der Waals surface area contributed by atoms with Crippen molar-refractivity contribution in [1.29, 1.82) is 0 Å². The van der Waals surface area contributed by atoms with Crippen LogP contribution in [0.4, 0.5) is 0 Å². The van der Waals surface area contributed by atoms with Crippen LogP contribution in [-0.4, -0.2) is 61.2 Å². The number of hydrogen-bond acceptors (Lipinski definition) is 3. The van der Waals surface area contributed by atoms with Gasteiger partial charge >= 0.3 is 0 Å². The van der Waals surface area contributed by atoms with Crippen molar-refractivity contribution in [2.45, 2.75) is 12.8 Å². The number of rotatable bonds is 6. The third kappa shape index (κ3) is 5.98. The molecule has 0 amide bonds. The van der Waals surface area contributed by atoms with E-state index in [9.17, 15) is 0 Å². The maximum absolute atomic E-state index is 5.68. The van der Waals surface area contributed by atoms with Crippen LogP contribution in [0.2, 0.25) is 0 Å². The molecule has 0 aromatic rings. The summed E-state index contributed by atoms with van der Waals surface area (Å²) in [7, 11) is 9.22. The zero-order valence-electron chi connectivity index (χ0n) is 9.45. The quantitative estimate of drug-likeness (QED) is 0.333. The minimum atomic E-state index is 0.0856. The van der Waals surface area contributed by atoms with Gasteiger partial charge in [-0.15, -0.1) is 5.70 Å². The van der Waals surface area contributed by atoms with Crippen LogP contribution in [0, 0.1) is 0 Å². The van der Waals surface area contributed by atoms with E-state index in [-0.39, 0.29) is 6.35 Å². The van der Waals surface area contributed by atoms with Gasteiger partial charge in [0, 0.05) is 10.2 Å². The van der Waals surface area contributed by atoms with Crippen LogP contribution in [0.3, 0.4) is 0 Å². The second kappa shape index (κ2) is 7.26. The van der Waals surface area contributed by atoms with Crippen LogP contribution >= 0.6 is 0 Å². The largest absolute Gasteiger partial charge is 0.349 e. The molecule has 0 bridgehead atoms. The van der Waals surface area contributed by atoms with Crippen LogP contribution in [-0.2, 0) is 4.74 Å². The van der Waals surface area contributed by atoms with Crippen molar-refractivity contribution in [3.63, 3.8) is 0 Å². The summed E-state index contributed by atoms with van der Waals surface area (Å²) in [5.74, 6) is 0. The summed E-state index contributed by atoms with van der Waals surface area (Å²) < 4.78 is 5.68. The lowest BCUT2D eigenvalue weighted by Crippen LogP contribution is -2.42. The molecule has 0 fully saturated rings. The first-order chi connectivity index (χ1) is 6.09. The smallest absolute Gasteiger partial charge is 0.167 e. The first-order valence-corrected chi connectivity index (χ1v) is 5.80. The van der Waals surface area contributed by atoms with Gasteiger partial charge in [-0.3, -0.25) is 9.80 Å². The summed E-state index contributed by atoms with van der Waals surface area (Å²) in [6.45, 7) is 0.791. The lowest BCUT2D eigenvalue weighted by molar-refractivity contribution is -0.116. The van der Waals surface area contributed by atoms with Crippen LogP contribution in [0.1, 0.15) is 6.42 Å². The first kappa shape index (κ1) is 12.8. The van der Waals surface area contributed by atoms with Gasteiger partial charge in [-0.05, 0) is 34.6 Å². The first-order valence-electron chi connectivity index (χ1n) is 4.65. The van der Waals surface area contributed by atoms with Crippen molar-refractivity contribution in [3.8, 4) is 0 Å². The van der Waals surface area contributed by atoms with Gasteiger partial charge < -0.3 is 4.74 Å². The van der Waals surface area contributed by atoms with E-state index in [0.717, 1.165) is 23.3 Å².